The Kier molecular flexibility index (Phi) is 6.13. The molecular weight excluding hydrogens is 380 g/mol. The Morgan fingerprint density at radius 1 is 0.967 bits per heavy atom. The number of carbonyl (C=O) groups excluding carboxylic acids is 1. The number of anilines is 1. The van der Waals surface area contributed by atoms with E-state index < -0.39 is 0 Å². The van der Waals surface area contributed by atoms with Crippen LogP contribution in [0.5, 0.6) is 17.2 Å². The molecular formula is C24H30N2O4. The van der Waals surface area contributed by atoms with Crippen molar-refractivity contribution in [3.63, 3.8) is 0 Å². The number of ether oxygens (including phenoxy) is 3. The summed E-state index contributed by atoms with van der Waals surface area (Å²) < 4.78 is 16.2. The number of methoxy groups -OCH3 is 3. The van der Waals surface area contributed by atoms with Gasteiger partial charge in [0.1, 0.15) is 5.75 Å². The van der Waals surface area contributed by atoms with Gasteiger partial charge in [0, 0.05) is 18.3 Å². The average Bonchev–Trinajstić information content (AvgIpc) is 3.25. The minimum absolute atomic E-state index is 0.161. The fourth-order valence-corrected chi connectivity index (χ4v) is 4.67. The largest absolute Gasteiger partial charge is 0.497 e. The highest BCUT2D eigenvalue weighted by atomic mass is 16.5. The number of hydrogen-bond donors (Lipinski definition) is 0. The van der Waals surface area contributed by atoms with Gasteiger partial charge in [0.05, 0.1) is 27.9 Å². The number of rotatable bonds is 6. The van der Waals surface area contributed by atoms with Crippen LogP contribution in [-0.4, -0.2) is 51.8 Å². The summed E-state index contributed by atoms with van der Waals surface area (Å²) in [6.07, 6.45) is 4.08. The van der Waals surface area contributed by atoms with Crippen molar-refractivity contribution < 1.29 is 19.0 Å². The topological polar surface area (TPSA) is 51.2 Å². The molecule has 30 heavy (non-hydrogen) atoms. The second-order valence-electron chi connectivity index (χ2n) is 7.89. The molecule has 1 atom stereocenters. The van der Waals surface area contributed by atoms with Crippen molar-refractivity contribution in [2.24, 2.45) is 0 Å². The molecule has 2 heterocycles. The third-order valence-corrected chi connectivity index (χ3v) is 6.20. The van der Waals surface area contributed by atoms with Crippen molar-refractivity contribution in [3.05, 3.63) is 47.5 Å². The van der Waals surface area contributed by atoms with Crippen LogP contribution in [-0.2, 0) is 11.2 Å². The lowest BCUT2D eigenvalue weighted by Crippen LogP contribution is -2.42. The lowest BCUT2D eigenvalue weighted by atomic mass is 10.0. The lowest BCUT2D eigenvalue weighted by molar-refractivity contribution is -0.120. The molecule has 2 aliphatic rings. The molecule has 2 aromatic rings. The number of hydrogen-bond acceptors (Lipinski definition) is 5. The van der Waals surface area contributed by atoms with Crippen LogP contribution in [0.15, 0.2) is 36.4 Å². The molecule has 160 valence electrons. The molecule has 0 aliphatic carbocycles. The molecule has 6 nitrogen and oxygen atoms in total. The normalized spacial score (nSPS) is 18.8. The molecule has 0 bridgehead atoms. The molecule has 6 heteroatoms. The van der Waals surface area contributed by atoms with Crippen LogP contribution in [0.1, 0.15) is 36.4 Å². The first-order valence-corrected chi connectivity index (χ1v) is 10.6. The monoisotopic (exact) mass is 410 g/mol. The molecule has 0 radical (unpaired) electrons. The Hall–Kier alpha value is -2.73. The maximum absolute atomic E-state index is 13.3. The van der Waals surface area contributed by atoms with Crippen LogP contribution < -0.4 is 19.1 Å². The van der Waals surface area contributed by atoms with Crippen molar-refractivity contribution >= 4 is 11.6 Å². The maximum Gasteiger partial charge on any atom is 0.241 e. The van der Waals surface area contributed by atoms with Gasteiger partial charge in [-0.05, 0) is 73.7 Å². The highest BCUT2D eigenvalue weighted by Crippen LogP contribution is 2.37. The van der Waals surface area contributed by atoms with Gasteiger partial charge >= 0.3 is 0 Å². The van der Waals surface area contributed by atoms with Gasteiger partial charge < -0.3 is 19.1 Å². The third-order valence-electron chi connectivity index (χ3n) is 6.20. The molecule has 0 saturated carbocycles. The zero-order chi connectivity index (χ0) is 21.1. The van der Waals surface area contributed by atoms with Crippen LogP contribution in [0.3, 0.4) is 0 Å². The number of likely N-dealkylation sites (tertiary alicyclic amines) is 1. The summed E-state index contributed by atoms with van der Waals surface area (Å²) in [4.78, 5) is 17.5. The second-order valence-corrected chi connectivity index (χ2v) is 7.89. The zero-order valence-electron chi connectivity index (χ0n) is 18.0. The van der Waals surface area contributed by atoms with Crippen molar-refractivity contribution in [1.29, 1.82) is 0 Å². The fourth-order valence-electron chi connectivity index (χ4n) is 4.67. The number of aryl methyl sites for hydroxylation is 1. The van der Waals surface area contributed by atoms with E-state index in [-0.39, 0.29) is 11.9 Å². The summed E-state index contributed by atoms with van der Waals surface area (Å²) in [5, 5.41) is 0. The van der Waals surface area contributed by atoms with Crippen LogP contribution in [0.4, 0.5) is 5.69 Å². The third kappa shape index (κ3) is 3.97. The molecule has 1 unspecified atom stereocenters. The van der Waals surface area contributed by atoms with Gasteiger partial charge in [-0.15, -0.1) is 0 Å². The van der Waals surface area contributed by atoms with Crippen LogP contribution in [0.25, 0.3) is 0 Å². The smallest absolute Gasteiger partial charge is 0.241 e. The van der Waals surface area contributed by atoms with Crippen molar-refractivity contribution in [3.8, 4) is 17.2 Å². The van der Waals surface area contributed by atoms with Gasteiger partial charge in [-0.1, -0.05) is 6.07 Å². The van der Waals surface area contributed by atoms with E-state index in [2.05, 4.69) is 17.0 Å². The van der Waals surface area contributed by atoms with Gasteiger partial charge in [0.15, 0.2) is 11.5 Å². The Morgan fingerprint density at radius 3 is 2.57 bits per heavy atom. The number of benzene rings is 2. The molecule has 2 aliphatic heterocycles. The minimum atomic E-state index is 0.161. The predicted molar refractivity (Wildman–Crippen MR) is 117 cm³/mol. The van der Waals surface area contributed by atoms with Crippen LogP contribution in [0, 0.1) is 0 Å². The number of carbonyl (C=O) groups is 1. The van der Waals surface area contributed by atoms with E-state index in [4.69, 9.17) is 14.2 Å². The van der Waals surface area contributed by atoms with Crippen molar-refractivity contribution in [2.45, 2.75) is 31.7 Å². The summed E-state index contributed by atoms with van der Waals surface area (Å²) in [5.74, 6) is 2.46. The average molecular weight is 411 g/mol. The molecule has 1 amide bonds. The van der Waals surface area contributed by atoms with Gasteiger partial charge in [-0.3, -0.25) is 9.69 Å². The fraction of sp³-hybridized carbons (Fsp3) is 0.458. The summed E-state index contributed by atoms with van der Waals surface area (Å²) >= 11 is 0. The second kappa shape index (κ2) is 8.96. The van der Waals surface area contributed by atoms with Crippen molar-refractivity contribution in [2.75, 3.05) is 45.9 Å². The van der Waals surface area contributed by atoms with E-state index in [1.165, 1.54) is 11.1 Å². The summed E-state index contributed by atoms with van der Waals surface area (Å²) in [7, 11) is 4.97. The molecule has 0 N–H and O–H groups in total. The Labute approximate surface area is 178 Å². The molecule has 1 fully saturated rings. The molecule has 2 aromatic carbocycles. The van der Waals surface area contributed by atoms with Gasteiger partial charge in [0.2, 0.25) is 5.91 Å². The quantitative estimate of drug-likeness (QED) is 0.725. The first-order valence-electron chi connectivity index (χ1n) is 10.6. The first-order chi connectivity index (χ1) is 14.6. The van der Waals surface area contributed by atoms with E-state index in [9.17, 15) is 4.79 Å². The molecule has 0 spiro atoms. The Morgan fingerprint density at radius 2 is 1.80 bits per heavy atom. The number of fused-ring (bicyclic) bond motifs is 1. The van der Waals surface area contributed by atoms with E-state index in [0.29, 0.717) is 6.54 Å². The SMILES string of the molecule is COc1ccc2c(c1)CCCN2C(=O)CN1CCCC1c1ccc(OC)c(OC)c1. The number of nitrogens with zero attached hydrogens (tertiary/aromatic N) is 2. The van der Waals surface area contributed by atoms with Crippen LogP contribution in [0.2, 0.25) is 0 Å². The lowest BCUT2D eigenvalue weighted by Gasteiger charge is -2.32. The number of amides is 1. The standard InChI is InChI=1S/C24H30N2O4/c1-28-19-9-10-21-17(14-19)6-4-13-26(21)24(27)16-25-12-5-7-20(25)18-8-11-22(29-2)23(15-18)30-3/h8-11,14-15,20H,4-7,12-13,16H2,1-3H3. The summed E-state index contributed by atoms with van der Waals surface area (Å²) in [5.41, 5.74) is 3.38. The van der Waals surface area contributed by atoms with Gasteiger partial charge in [-0.2, -0.15) is 0 Å². The molecule has 0 aromatic heterocycles. The van der Waals surface area contributed by atoms with Gasteiger partial charge in [0.25, 0.3) is 0 Å². The summed E-state index contributed by atoms with van der Waals surface area (Å²) in [6.45, 7) is 2.12. The minimum Gasteiger partial charge on any atom is -0.497 e. The summed E-state index contributed by atoms with van der Waals surface area (Å²) in [6, 6.07) is 12.3. The highest BCUT2D eigenvalue weighted by molar-refractivity contribution is 5.96. The highest BCUT2D eigenvalue weighted by Gasteiger charge is 2.31. The Bertz CT molecular complexity index is 914. The maximum atomic E-state index is 13.3. The van der Waals surface area contributed by atoms with Gasteiger partial charge in [-0.25, -0.2) is 0 Å². The molecule has 1 saturated heterocycles. The Balaban J connectivity index is 1.51. The first kappa shape index (κ1) is 20.5. The van der Waals surface area contributed by atoms with E-state index in [0.717, 1.165) is 61.7 Å². The predicted octanol–water partition coefficient (Wildman–Crippen LogP) is 3.83. The molecule has 4 rings (SSSR count). The van der Waals surface area contributed by atoms with Crippen LogP contribution >= 0.6 is 0 Å². The van der Waals surface area contributed by atoms with E-state index >= 15 is 0 Å². The van der Waals surface area contributed by atoms with E-state index in [1.807, 2.05) is 29.2 Å². The van der Waals surface area contributed by atoms with Crippen molar-refractivity contribution in [1.82, 2.24) is 4.90 Å². The zero-order valence-corrected chi connectivity index (χ0v) is 18.0. The van der Waals surface area contributed by atoms with E-state index in [1.54, 1.807) is 21.3 Å².